The van der Waals surface area contributed by atoms with E-state index in [9.17, 15) is 13.2 Å². The molecule has 72 valence electrons. The number of alkyl halides is 3. The first kappa shape index (κ1) is 10.1. The Morgan fingerprint density at radius 3 is 2.23 bits per heavy atom. The van der Waals surface area contributed by atoms with Crippen molar-refractivity contribution in [2.75, 3.05) is 0 Å². The molecule has 13 heavy (non-hydrogen) atoms. The molecule has 0 radical (unpaired) electrons. The van der Waals surface area contributed by atoms with Crippen LogP contribution in [-0.2, 0) is 6.42 Å². The zero-order valence-electron chi connectivity index (χ0n) is 6.75. The van der Waals surface area contributed by atoms with Gasteiger partial charge in [-0.05, 0) is 5.56 Å². The van der Waals surface area contributed by atoms with Crippen molar-refractivity contribution in [2.24, 2.45) is 0 Å². The lowest BCUT2D eigenvalue weighted by molar-refractivity contribution is -0.166. The summed E-state index contributed by atoms with van der Waals surface area (Å²) < 4.78 is 37.2. The van der Waals surface area contributed by atoms with Crippen LogP contribution in [0, 0.1) is 0 Å². The lowest BCUT2D eigenvalue weighted by Crippen LogP contribution is -2.32. The second-order valence-electron chi connectivity index (χ2n) is 2.76. The molecule has 0 saturated heterocycles. The van der Waals surface area contributed by atoms with Gasteiger partial charge < -0.3 is 5.11 Å². The number of aliphatic hydroxyl groups is 1. The van der Waals surface area contributed by atoms with Crippen LogP contribution in [0.15, 0.2) is 30.3 Å². The van der Waals surface area contributed by atoms with Gasteiger partial charge in [0.05, 0.1) is 0 Å². The Morgan fingerprint density at radius 1 is 1.23 bits per heavy atom. The molecule has 1 unspecified atom stereocenters. The van der Waals surface area contributed by atoms with E-state index in [1.54, 1.807) is 18.2 Å². The highest BCUT2D eigenvalue weighted by molar-refractivity contribution is 5.16. The molecule has 1 atom stereocenters. The van der Waals surface area contributed by atoms with Crippen molar-refractivity contribution >= 4 is 0 Å². The van der Waals surface area contributed by atoms with Crippen LogP contribution in [0.4, 0.5) is 13.2 Å². The van der Waals surface area contributed by atoms with E-state index in [-0.39, 0.29) is 0 Å². The van der Waals surface area contributed by atoms with Crippen LogP contribution >= 0.6 is 0 Å². The number of benzene rings is 1. The average Bonchev–Trinajstić information content (AvgIpc) is 2.05. The molecule has 0 aromatic heterocycles. The second kappa shape index (κ2) is 3.79. The van der Waals surface area contributed by atoms with Crippen LogP contribution in [0.2, 0.25) is 0 Å². The summed E-state index contributed by atoms with van der Waals surface area (Å²) >= 11 is 0. The van der Waals surface area contributed by atoms with Crippen LogP contribution in [0.3, 0.4) is 0 Å². The van der Waals surface area contributed by atoms with Crippen molar-refractivity contribution in [1.82, 2.24) is 0 Å². The molecule has 0 spiro atoms. The van der Waals surface area contributed by atoms with E-state index >= 15 is 0 Å². The van der Waals surface area contributed by atoms with Crippen molar-refractivity contribution in [3.8, 4) is 0 Å². The molecule has 0 aliphatic rings. The lowest BCUT2D eigenvalue weighted by atomic mass is 10.1. The Labute approximate surface area is 73.8 Å². The van der Waals surface area contributed by atoms with Gasteiger partial charge in [-0.2, -0.15) is 0 Å². The highest BCUT2D eigenvalue weighted by Crippen LogP contribution is 2.24. The normalized spacial score (nSPS) is 14.2. The Balaban J connectivity index is 2.69. The number of aliphatic hydroxyl groups excluding tert-OH is 1. The summed E-state index contributed by atoms with van der Waals surface area (Å²) in [4.78, 5) is 0. The average molecular weight is 190 g/mol. The van der Waals surface area contributed by atoms with Crippen molar-refractivity contribution < 1.29 is 18.3 Å². The Morgan fingerprint density at radius 2 is 1.77 bits per heavy atom. The van der Waals surface area contributed by atoms with Gasteiger partial charge in [-0.3, -0.25) is 0 Å². The van der Waals surface area contributed by atoms with Gasteiger partial charge >= 0.3 is 5.92 Å². The van der Waals surface area contributed by atoms with Gasteiger partial charge in [0.25, 0.3) is 6.36 Å². The molecule has 0 saturated carbocycles. The minimum absolute atomic E-state index is 0.296. The molecule has 1 aromatic rings. The SMILES string of the molecule is OC(F)C(F)(F)Cc1ccccc1. The highest BCUT2D eigenvalue weighted by atomic mass is 19.3. The number of rotatable bonds is 3. The first-order valence-electron chi connectivity index (χ1n) is 3.76. The van der Waals surface area contributed by atoms with Crippen LogP contribution in [0.5, 0.6) is 0 Å². The van der Waals surface area contributed by atoms with Crippen LogP contribution in [0.1, 0.15) is 5.56 Å². The third-order valence-corrected chi connectivity index (χ3v) is 1.63. The molecule has 4 heteroatoms. The predicted octanol–water partition coefficient (Wildman–Crippen LogP) is 2.15. The van der Waals surface area contributed by atoms with Gasteiger partial charge in [0.1, 0.15) is 0 Å². The molecular formula is C9H9F3O. The molecule has 1 N–H and O–H groups in total. The summed E-state index contributed by atoms with van der Waals surface area (Å²) in [5.74, 6) is -3.71. The second-order valence-corrected chi connectivity index (χ2v) is 2.76. The Kier molecular flexibility index (Phi) is 2.93. The third-order valence-electron chi connectivity index (χ3n) is 1.63. The van der Waals surface area contributed by atoms with E-state index in [1.165, 1.54) is 12.1 Å². The van der Waals surface area contributed by atoms with Crippen LogP contribution < -0.4 is 0 Å². The van der Waals surface area contributed by atoms with Gasteiger partial charge in [-0.25, -0.2) is 13.2 Å². The maximum Gasteiger partial charge on any atom is 0.306 e. The first-order chi connectivity index (χ1) is 6.02. The fourth-order valence-corrected chi connectivity index (χ4v) is 0.952. The minimum Gasteiger partial charge on any atom is -0.359 e. The smallest absolute Gasteiger partial charge is 0.306 e. The van der Waals surface area contributed by atoms with Crippen molar-refractivity contribution in [2.45, 2.75) is 18.7 Å². The van der Waals surface area contributed by atoms with E-state index in [1.807, 2.05) is 0 Å². The summed E-state index contributed by atoms with van der Waals surface area (Å²) in [6, 6.07) is 7.74. The van der Waals surface area contributed by atoms with Crippen molar-refractivity contribution in [3.63, 3.8) is 0 Å². The maximum atomic E-state index is 12.6. The molecular weight excluding hydrogens is 181 g/mol. The molecule has 0 aliphatic heterocycles. The quantitative estimate of drug-likeness (QED) is 0.774. The fraction of sp³-hybridized carbons (Fsp3) is 0.333. The van der Waals surface area contributed by atoms with Crippen LogP contribution in [-0.4, -0.2) is 17.4 Å². The van der Waals surface area contributed by atoms with Gasteiger partial charge in [-0.15, -0.1) is 0 Å². The highest BCUT2D eigenvalue weighted by Gasteiger charge is 2.38. The maximum absolute atomic E-state index is 12.6. The monoisotopic (exact) mass is 190 g/mol. The molecule has 0 amide bonds. The predicted molar refractivity (Wildman–Crippen MR) is 42.2 cm³/mol. The molecule has 0 bridgehead atoms. The zero-order valence-corrected chi connectivity index (χ0v) is 6.75. The minimum atomic E-state index is -3.71. The fourth-order valence-electron chi connectivity index (χ4n) is 0.952. The van der Waals surface area contributed by atoms with E-state index in [0.717, 1.165) is 0 Å². The third kappa shape index (κ3) is 2.73. The van der Waals surface area contributed by atoms with E-state index in [4.69, 9.17) is 5.11 Å². The number of halogens is 3. The first-order valence-corrected chi connectivity index (χ1v) is 3.76. The summed E-state index contributed by atoms with van der Waals surface area (Å²) in [6.45, 7) is 0. The van der Waals surface area contributed by atoms with E-state index < -0.39 is 18.7 Å². The Bertz CT molecular complexity index is 259. The van der Waals surface area contributed by atoms with E-state index in [0.29, 0.717) is 5.56 Å². The Hall–Kier alpha value is -1.03. The van der Waals surface area contributed by atoms with E-state index in [2.05, 4.69) is 0 Å². The van der Waals surface area contributed by atoms with Gasteiger partial charge in [0, 0.05) is 6.42 Å². The summed E-state index contributed by atoms with van der Waals surface area (Å²) in [5, 5.41) is 8.12. The topological polar surface area (TPSA) is 20.2 Å². The molecule has 1 rings (SSSR count). The van der Waals surface area contributed by atoms with Crippen LogP contribution in [0.25, 0.3) is 0 Å². The zero-order chi connectivity index (χ0) is 9.90. The number of hydrogen-bond donors (Lipinski definition) is 1. The van der Waals surface area contributed by atoms with Gasteiger partial charge in [0.15, 0.2) is 0 Å². The molecule has 0 aliphatic carbocycles. The molecule has 1 nitrogen and oxygen atoms in total. The lowest BCUT2D eigenvalue weighted by Gasteiger charge is -2.16. The van der Waals surface area contributed by atoms with Crippen molar-refractivity contribution in [3.05, 3.63) is 35.9 Å². The summed E-state index contributed by atoms with van der Waals surface area (Å²) in [6.07, 6.45) is -3.89. The number of hydrogen-bond acceptors (Lipinski definition) is 1. The molecule has 1 aromatic carbocycles. The van der Waals surface area contributed by atoms with Gasteiger partial charge in [-0.1, -0.05) is 30.3 Å². The summed E-state index contributed by atoms with van der Waals surface area (Å²) in [5.41, 5.74) is 0.296. The molecule has 0 heterocycles. The standard InChI is InChI=1S/C9H9F3O/c10-8(13)9(11,12)6-7-4-2-1-3-5-7/h1-5,8,13H,6H2. The molecule has 0 fully saturated rings. The van der Waals surface area contributed by atoms with Gasteiger partial charge in [0.2, 0.25) is 0 Å². The van der Waals surface area contributed by atoms with Crippen molar-refractivity contribution in [1.29, 1.82) is 0 Å². The summed E-state index contributed by atoms with van der Waals surface area (Å²) in [7, 11) is 0. The largest absolute Gasteiger partial charge is 0.359 e.